The van der Waals surface area contributed by atoms with Crippen LogP contribution in [0.15, 0.2) is 58.6 Å². The zero-order valence-corrected chi connectivity index (χ0v) is 17.1. The van der Waals surface area contributed by atoms with Gasteiger partial charge in [-0.15, -0.1) is 0 Å². The van der Waals surface area contributed by atoms with Crippen molar-refractivity contribution in [3.8, 4) is 0 Å². The lowest BCUT2D eigenvalue weighted by Gasteiger charge is -2.13. The molecule has 7 heteroatoms. The molecule has 140 valence electrons. The first kappa shape index (κ1) is 19.4. The Morgan fingerprint density at radius 3 is 2.63 bits per heavy atom. The van der Waals surface area contributed by atoms with E-state index in [0.29, 0.717) is 5.11 Å². The lowest BCUT2D eigenvalue weighted by molar-refractivity contribution is 0.938. The van der Waals surface area contributed by atoms with Gasteiger partial charge in [0.15, 0.2) is 10.3 Å². The molecule has 3 rings (SSSR count). The fraction of sp³-hybridized carbons (Fsp3) is 0.250. The summed E-state index contributed by atoms with van der Waals surface area (Å²) in [7, 11) is 0. The molecule has 0 bridgehead atoms. The maximum Gasteiger partial charge on any atom is 0.191 e. The smallest absolute Gasteiger partial charge is 0.191 e. The van der Waals surface area contributed by atoms with Crippen LogP contribution in [0.4, 0.5) is 11.4 Å². The molecule has 0 fully saturated rings. The van der Waals surface area contributed by atoms with Gasteiger partial charge in [0.05, 0.1) is 5.71 Å². The van der Waals surface area contributed by atoms with Crippen LogP contribution in [0.2, 0.25) is 0 Å². The summed E-state index contributed by atoms with van der Waals surface area (Å²) in [5, 5.41) is 12.4. The van der Waals surface area contributed by atoms with E-state index in [2.05, 4.69) is 26.2 Å². The Hall–Kier alpha value is -2.38. The lowest BCUT2D eigenvalue weighted by atomic mass is 10.1. The molecule has 1 aliphatic rings. The minimum Gasteiger partial charge on any atom is -0.335 e. The topological polar surface area (TPSA) is 60.8 Å². The third-order valence-corrected chi connectivity index (χ3v) is 5.26. The van der Waals surface area contributed by atoms with Crippen LogP contribution < -0.4 is 16.1 Å². The van der Waals surface area contributed by atoms with Gasteiger partial charge in [-0.05, 0) is 61.8 Å². The molecule has 2 aromatic carbocycles. The predicted octanol–water partition coefficient (Wildman–Crippen LogP) is 4.61. The molecule has 0 saturated heterocycles. The van der Waals surface area contributed by atoms with E-state index in [-0.39, 0.29) is 0 Å². The van der Waals surface area contributed by atoms with Crippen molar-refractivity contribution >= 4 is 51.3 Å². The largest absolute Gasteiger partial charge is 0.335 e. The Morgan fingerprint density at radius 1 is 1.15 bits per heavy atom. The average Bonchev–Trinajstić information content (AvgIpc) is 2.69. The van der Waals surface area contributed by atoms with Crippen molar-refractivity contribution in [3.63, 3.8) is 0 Å². The van der Waals surface area contributed by atoms with E-state index in [0.717, 1.165) is 52.1 Å². The average molecular weight is 398 g/mol. The fourth-order valence-corrected chi connectivity index (χ4v) is 3.51. The number of hydrogen-bond donors (Lipinski definition) is 3. The Kier molecular flexibility index (Phi) is 6.84. The highest BCUT2D eigenvalue weighted by molar-refractivity contribution is 8.14. The van der Waals surface area contributed by atoms with Crippen LogP contribution in [0, 0.1) is 6.92 Å². The van der Waals surface area contributed by atoms with Crippen LogP contribution in [-0.2, 0) is 0 Å². The van der Waals surface area contributed by atoms with Gasteiger partial charge in [0.2, 0.25) is 0 Å². The summed E-state index contributed by atoms with van der Waals surface area (Å²) in [6.45, 7) is 4.89. The molecule has 0 atom stereocenters. The van der Waals surface area contributed by atoms with Crippen LogP contribution in [0.5, 0.6) is 0 Å². The summed E-state index contributed by atoms with van der Waals surface area (Å²) in [6.07, 6.45) is 1.15. The van der Waals surface area contributed by atoms with Crippen molar-refractivity contribution in [2.75, 3.05) is 22.9 Å². The Bertz CT molecular complexity index is 859. The van der Waals surface area contributed by atoms with E-state index in [9.17, 15) is 0 Å². The van der Waals surface area contributed by atoms with E-state index in [1.165, 1.54) is 0 Å². The second-order valence-corrected chi connectivity index (χ2v) is 7.66. The minimum absolute atomic E-state index is 0.467. The summed E-state index contributed by atoms with van der Waals surface area (Å²) in [4.78, 5) is 4.49. The van der Waals surface area contributed by atoms with Crippen molar-refractivity contribution in [1.29, 1.82) is 0 Å². The summed E-state index contributed by atoms with van der Waals surface area (Å²) >= 11 is 7.09. The molecule has 27 heavy (non-hydrogen) atoms. The van der Waals surface area contributed by atoms with Gasteiger partial charge < -0.3 is 10.6 Å². The standard InChI is InChI=1S/C20H23N5S2/c1-14-6-3-4-7-18(14)23-19(26)25-24-15(2)16-8-10-17(11-9-16)22-20-21-12-5-13-27-20/h3-4,6-11H,5,12-13H2,1-2H3,(H,21,22)(H2,23,25,26)/b24-15-. The highest BCUT2D eigenvalue weighted by atomic mass is 32.2. The number of rotatable bonds is 4. The molecule has 0 spiro atoms. The van der Waals surface area contributed by atoms with Gasteiger partial charge in [-0.3, -0.25) is 10.4 Å². The SMILES string of the molecule is C/C(=N/NC(=S)Nc1ccccc1C)c1ccc(NC2=NCCCS2)cc1. The van der Waals surface area contributed by atoms with Gasteiger partial charge >= 0.3 is 0 Å². The van der Waals surface area contributed by atoms with Gasteiger partial charge in [0.25, 0.3) is 0 Å². The molecule has 0 aliphatic carbocycles. The summed E-state index contributed by atoms with van der Waals surface area (Å²) in [5.74, 6) is 1.12. The summed E-state index contributed by atoms with van der Waals surface area (Å²) < 4.78 is 0. The Labute approximate surface area is 169 Å². The number of benzene rings is 2. The molecule has 2 aromatic rings. The Balaban J connectivity index is 1.56. The van der Waals surface area contributed by atoms with Gasteiger partial charge in [-0.25, -0.2) is 0 Å². The molecule has 0 radical (unpaired) electrons. The number of nitrogens with zero attached hydrogens (tertiary/aromatic N) is 2. The molecule has 0 aromatic heterocycles. The van der Waals surface area contributed by atoms with Gasteiger partial charge in [0, 0.05) is 23.7 Å². The number of thiocarbonyl (C=S) groups is 1. The monoisotopic (exact) mass is 397 g/mol. The number of para-hydroxylation sites is 1. The summed E-state index contributed by atoms with van der Waals surface area (Å²) in [6, 6.07) is 16.1. The number of hydrazone groups is 1. The van der Waals surface area contributed by atoms with Crippen molar-refractivity contribution in [3.05, 3.63) is 59.7 Å². The van der Waals surface area contributed by atoms with Crippen LogP contribution in [0.1, 0.15) is 24.5 Å². The van der Waals surface area contributed by atoms with Crippen molar-refractivity contribution in [2.45, 2.75) is 20.3 Å². The van der Waals surface area contributed by atoms with E-state index < -0.39 is 0 Å². The fourth-order valence-electron chi connectivity index (χ4n) is 2.52. The number of nitrogens with one attached hydrogen (secondary N) is 3. The molecule has 1 aliphatic heterocycles. The number of anilines is 2. The highest BCUT2D eigenvalue weighted by Crippen LogP contribution is 2.17. The van der Waals surface area contributed by atoms with Crippen LogP contribution in [0.25, 0.3) is 0 Å². The highest BCUT2D eigenvalue weighted by Gasteiger charge is 2.06. The van der Waals surface area contributed by atoms with Crippen molar-refractivity contribution < 1.29 is 0 Å². The summed E-state index contributed by atoms with van der Waals surface area (Å²) in [5.41, 5.74) is 7.94. The second kappa shape index (κ2) is 9.53. The van der Waals surface area contributed by atoms with Gasteiger partial charge in [-0.2, -0.15) is 5.10 Å². The minimum atomic E-state index is 0.467. The quantitative estimate of drug-likeness (QED) is 0.399. The number of amidine groups is 1. The number of aliphatic imine (C=N–C) groups is 1. The number of hydrogen-bond acceptors (Lipinski definition) is 5. The molecular weight excluding hydrogens is 374 g/mol. The first-order valence-electron chi connectivity index (χ1n) is 8.83. The first-order chi connectivity index (χ1) is 13.1. The normalized spacial score (nSPS) is 14.3. The van der Waals surface area contributed by atoms with E-state index in [1.54, 1.807) is 11.8 Å². The molecule has 1 heterocycles. The van der Waals surface area contributed by atoms with Crippen LogP contribution in [0.3, 0.4) is 0 Å². The van der Waals surface area contributed by atoms with E-state index >= 15 is 0 Å². The Morgan fingerprint density at radius 2 is 1.93 bits per heavy atom. The molecule has 3 N–H and O–H groups in total. The van der Waals surface area contributed by atoms with Crippen LogP contribution in [-0.4, -0.2) is 28.3 Å². The van der Waals surface area contributed by atoms with Gasteiger partial charge in [-0.1, -0.05) is 42.1 Å². The number of aryl methyl sites for hydroxylation is 1. The third kappa shape index (κ3) is 5.80. The van der Waals surface area contributed by atoms with E-state index in [1.807, 2.05) is 62.4 Å². The molecule has 0 unspecified atom stereocenters. The molecule has 0 amide bonds. The molecular formula is C20H23N5S2. The zero-order valence-electron chi connectivity index (χ0n) is 15.5. The maximum atomic E-state index is 5.32. The van der Waals surface area contributed by atoms with Crippen molar-refractivity contribution in [2.24, 2.45) is 10.1 Å². The second-order valence-electron chi connectivity index (χ2n) is 6.17. The zero-order chi connectivity index (χ0) is 19.1. The van der Waals surface area contributed by atoms with Crippen LogP contribution >= 0.6 is 24.0 Å². The lowest BCUT2D eigenvalue weighted by Crippen LogP contribution is -2.25. The first-order valence-corrected chi connectivity index (χ1v) is 10.2. The third-order valence-electron chi connectivity index (χ3n) is 4.07. The molecule has 0 saturated carbocycles. The van der Waals surface area contributed by atoms with Gasteiger partial charge in [0.1, 0.15) is 0 Å². The van der Waals surface area contributed by atoms with Crippen molar-refractivity contribution in [1.82, 2.24) is 5.43 Å². The number of thioether (sulfide) groups is 1. The van der Waals surface area contributed by atoms with E-state index in [4.69, 9.17) is 12.2 Å². The predicted molar refractivity (Wildman–Crippen MR) is 122 cm³/mol. The molecule has 5 nitrogen and oxygen atoms in total. The maximum absolute atomic E-state index is 5.32.